The molecule has 0 radical (unpaired) electrons. The van der Waals surface area contributed by atoms with Crippen LogP contribution in [0.5, 0.6) is 0 Å². The minimum Gasteiger partial charge on any atom is -0.334 e. The summed E-state index contributed by atoms with van der Waals surface area (Å²) in [5.41, 5.74) is 1.13. The van der Waals surface area contributed by atoms with Gasteiger partial charge in [0.05, 0.1) is 12.6 Å². The summed E-state index contributed by atoms with van der Waals surface area (Å²) in [4.78, 5) is 27.2. The molecular weight excluding hydrogens is 332 g/mol. The van der Waals surface area contributed by atoms with Gasteiger partial charge < -0.3 is 9.80 Å². The Morgan fingerprint density at radius 1 is 1.52 bits per heavy atom. The number of carbonyl (C=O) groups is 2. The van der Waals surface area contributed by atoms with Crippen LogP contribution in [0.3, 0.4) is 0 Å². The van der Waals surface area contributed by atoms with Gasteiger partial charge in [0.2, 0.25) is 11.8 Å². The van der Waals surface area contributed by atoms with Gasteiger partial charge in [0.25, 0.3) is 0 Å². The third kappa shape index (κ3) is 3.73. The molecule has 1 atom stereocenters. The lowest BCUT2D eigenvalue weighted by Gasteiger charge is -2.27. The third-order valence-electron chi connectivity index (χ3n) is 3.73. The Kier molecular flexibility index (Phi) is 5.17. The molecular formula is C16H19BrN2O2. The lowest BCUT2D eigenvalue weighted by Crippen LogP contribution is -2.40. The second kappa shape index (κ2) is 6.89. The molecule has 1 aliphatic heterocycles. The van der Waals surface area contributed by atoms with Gasteiger partial charge in [-0.05, 0) is 36.6 Å². The maximum absolute atomic E-state index is 12.4. The molecule has 2 amide bonds. The molecule has 1 heterocycles. The maximum atomic E-state index is 12.4. The third-order valence-corrected chi connectivity index (χ3v) is 4.22. The van der Waals surface area contributed by atoms with Crippen LogP contribution >= 0.6 is 15.9 Å². The summed E-state index contributed by atoms with van der Waals surface area (Å²) < 4.78 is 1.01. The molecule has 0 aromatic heterocycles. The molecule has 1 unspecified atom stereocenters. The molecule has 0 aliphatic carbocycles. The zero-order chi connectivity index (χ0) is 15.4. The molecule has 0 N–H and O–H groups in total. The highest BCUT2D eigenvalue weighted by Crippen LogP contribution is 2.33. The first kappa shape index (κ1) is 15.8. The van der Waals surface area contributed by atoms with Gasteiger partial charge in [-0.1, -0.05) is 34.6 Å². The molecule has 1 aromatic carbocycles. The number of carbonyl (C=O) groups excluding carboxylic acids is 2. The monoisotopic (exact) mass is 350 g/mol. The molecule has 0 saturated carbocycles. The van der Waals surface area contributed by atoms with Crippen molar-refractivity contribution in [3.63, 3.8) is 0 Å². The number of amides is 2. The topological polar surface area (TPSA) is 40.6 Å². The van der Waals surface area contributed by atoms with Crippen LogP contribution in [-0.4, -0.2) is 41.8 Å². The highest BCUT2D eigenvalue weighted by molar-refractivity contribution is 9.10. The molecule has 1 fully saturated rings. The number of nitrogens with zero attached hydrogens (tertiary/aromatic N) is 2. The van der Waals surface area contributed by atoms with Crippen LogP contribution in [0.15, 0.2) is 41.4 Å². The zero-order valence-electron chi connectivity index (χ0n) is 12.1. The van der Waals surface area contributed by atoms with Gasteiger partial charge in [0, 0.05) is 18.1 Å². The van der Waals surface area contributed by atoms with Crippen LogP contribution < -0.4 is 0 Å². The fourth-order valence-electron chi connectivity index (χ4n) is 2.65. The van der Waals surface area contributed by atoms with Crippen LogP contribution in [0.25, 0.3) is 0 Å². The molecule has 112 valence electrons. The van der Waals surface area contributed by atoms with E-state index in [0.29, 0.717) is 0 Å². The second-order valence-electron chi connectivity index (χ2n) is 5.20. The minimum absolute atomic E-state index is 0.0184. The average Bonchev–Trinajstić information content (AvgIpc) is 2.95. The maximum Gasteiger partial charge on any atom is 0.246 e. The summed E-state index contributed by atoms with van der Waals surface area (Å²) in [5, 5.41) is 0. The van der Waals surface area contributed by atoms with E-state index in [2.05, 4.69) is 28.6 Å². The van der Waals surface area contributed by atoms with Gasteiger partial charge in [-0.15, -0.1) is 0 Å². The average molecular weight is 351 g/mol. The van der Waals surface area contributed by atoms with E-state index in [1.54, 1.807) is 7.05 Å². The summed E-state index contributed by atoms with van der Waals surface area (Å²) in [6, 6.07) is 8.14. The molecule has 2 rings (SSSR count). The van der Waals surface area contributed by atoms with Gasteiger partial charge in [0.1, 0.15) is 0 Å². The van der Waals surface area contributed by atoms with E-state index in [9.17, 15) is 9.59 Å². The number of likely N-dealkylation sites (tertiary alicyclic amines) is 1. The van der Waals surface area contributed by atoms with Gasteiger partial charge in [-0.2, -0.15) is 0 Å². The Hall–Kier alpha value is -1.62. The predicted molar refractivity (Wildman–Crippen MR) is 85.7 cm³/mol. The molecule has 0 spiro atoms. The predicted octanol–water partition coefficient (Wildman–Crippen LogP) is 2.76. The van der Waals surface area contributed by atoms with Gasteiger partial charge in [-0.25, -0.2) is 0 Å². The smallest absolute Gasteiger partial charge is 0.246 e. The van der Waals surface area contributed by atoms with Crippen molar-refractivity contribution in [2.24, 2.45) is 0 Å². The number of rotatable bonds is 4. The Bertz CT molecular complexity index is 559. The first-order chi connectivity index (χ1) is 10.0. The largest absolute Gasteiger partial charge is 0.334 e. The van der Waals surface area contributed by atoms with E-state index >= 15 is 0 Å². The van der Waals surface area contributed by atoms with Crippen molar-refractivity contribution < 1.29 is 9.59 Å². The van der Waals surface area contributed by atoms with E-state index in [-0.39, 0.29) is 24.4 Å². The number of hydrogen-bond acceptors (Lipinski definition) is 2. The molecule has 21 heavy (non-hydrogen) atoms. The van der Waals surface area contributed by atoms with Gasteiger partial charge >= 0.3 is 0 Å². The Balaban J connectivity index is 2.09. The van der Waals surface area contributed by atoms with Crippen molar-refractivity contribution in [2.75, 3.05) is 20.1 Å². The molecule has 1 aromatic rings. The van der Waals surface area contributed by atoms with E-state index in [1.807, 2.05) is 23.1 Å². The fraction of sp³-hybridized carbons (Fsp3) is 0.375. The van der Waals surface area contributed by atoms with Crippen molar-refractivity contribution in [3.8, 4) is 0 Å². The van der Waals surface area contributed by atoms with Crippen LogP contribution in [0.4, 0.5) is 0 Å². The first-order valence-electron chi connectivity index (χ1n) is 6.95. The Morgan fingerprint density at radius 3 is 2.95 bits per heavy atom. The van der Waals surface area contributed by atoms with Crippen LogP contribution in [-0.2, 0) is 9.59 Å². The zero-order valence-corrected chi connectivity index (χ0v) is 13.7. The highest BCUT2D eigenvalue weighted by atomic mass is 79.9. The van der Waals surface area contributed by atoms with Crippen LogP contribution in [0.2, 0.25) is 0 Å². The number of likely N-dealkylation sites (N-methyl/N-ethyl adjacent to an activating group) is 1. The number of benzene rings is 1. The number of halogens is 1. The van der Waals surface area contributed by atoms with Crippen molar-refractivity contribution in [2.45, 2.75) is 18.9 Å². The first-order valence-corrected chi connectivity index (χ1v) is 7.74. The van der Waals surface area contributed by atoms with E-state index in [0.717, 1.165) is 29.4 Å². The summed E-state index contributed by atoms with van der Waals surface area (Å²) in [6.07, 6.45) is 3.17. The summed E-state index contributed by atoms with van der Waals surface area (Å²) >= 11 is 3.47. The molecule has 1 saturated heterocycles. The summed E-state index contributed by atoms with van der Waals surface area (Å²) in [6.45, 7) is 4.27. The van der Waals surface area contributed by atoms with Gasteiger partial charge in [0.15, 0.2) is 0 Å². The van der Waals surface area contributed by atoms with E-state index < -0.39 is 0 Å². The summed E-state index contributed by atoms with van der Waals surface area (Å²) in [5.74, 6) is -0.253. The number of hydrogen-bond donors (Lipinski definition) is 0. The van der Waals surface area contributed by atoms with Crippen molar-refractivity contribution >= 4 is 27.7 Å². The van der Waals surface area contributed by atoms with Crippen LogP contribution in [0, 0.1) is 0 Å². The summed E-state index contributed by atoms with van der Waals surface area (Å²) in [7, 11) is 1.62. The highest BCUT2D eigenvalue weighted by Gasteiger charge is 2.30. The molecule has 0 bridgehead atoms. The van der Waals surface area contributed by atoms with E-state index in [1.165, 1.54) is 11.0 Å². The van der Waals surface area contributed by atoms with Gasteiger partial charge in [-0.3, -0.25) is 9.59 Å². The second-order valence-corrected chi connectivity index (χ2v) is 6.11. The quantitative estimate of drug-likeness (QED) is 0.783. The standard InChI is InChI=1S/C16H19BrN2O2/c1-3-15(20)18(2)11-16(21)19-9-5-8-14(19)12-6-4-7-13(17)10-12/h3-4,6-7,10,14H,1,5,8-9,11H2,2H3. The Morgan fingerprint density at radius 2 is 2.29 bits per heavy atom. The molecule has 5 heteroatoms. The minimum atomic E-state index is -0.235. The van der Waals surface area contributed by atoms with Crippen molar-refractivity contribution in [3.05, 3.63) is 47.0 Å². The lowest BCUT2D eigenvalue weighted by molar-refractivity contribution is -0.137. The SMILES string of the molecule is C=CC(=O)N(C)CC(=O)N1CCCC1c1cccc(Br)c1. The normalized spacial score (nSPS) is 17.6. The van der Waals surface area contributed by atoms with Crippen LogP contribution in [0.1, 0.15) is 24.4 Å². The van der Waals surface area contributed by atoms with E-state index in [4.69, 9.17) is 0 Å². The van der Waals surface area contributed by atoms with Crippen molar-refractivity contribution in [1.82, 2.24) is 9.80 Å². The van der Waals surface area contributed by atoms with Crippen molar-refractivity contribution in [1.29, 1.82) is 0 Å². The molecule has 1 aliphatic rings. The lowest BCUT2D eigenvalue weighted by atomic mass is 10.0. The Labute approximate surface area is 133 Å². The molecule has 4 nitrogen and oxygen atoms in total. The fourth-order valence-corrected chi connectivity index (χ4v) is 3.07.